The predicted octanol–water partition coefficient (Wildman–Crippen LogP) is 4.10. The number of para-hydroxylation sites is 1. The molecule has 2 aromatic rings. The number of aryl methyl sites for hydroxylation is 1. The van der Waals surface area contributed by atoms with Crippen LogP contribution in [0.3, 0.4) is 0 Å². The number of anilines is 1. The number of hydrogen-bond donors (Lipinski definition) is 1. The normalized spacial score (nSPS) is 17.3. The molecule has 0 amide bonds. The Morgan fingerprint density at radius 3 is 2.67 bits per heavy atom. The van der Waals surface area contributed by atoms with Gasteiger partial charge in [-0.2, -0.15) is 0 Å². The van der Waals surface area contributed by atoms with E-state index in [1.807, 2.05) is 12.1 Å². The van der Waals surface area contributed by atoms with Gasteiger partial charge in [0.2, 0.25) is 0 Å². The van der Waals surface area contributed by atoms with Crippen LogP contribution in [0, 0.1) is 5.82 Å². The Balaban J connectivity index is 1.91. The molecule has 2 heteroatoms. The molecule has 1 nitrogen and oxygen atoms in total. The molecule has 1 unspecified atom stereocenters. The van der Waals surface area contributed by atoms with Crippen LogP contribution in [0.25, 0.3) is 0 Å². The van der Waals surface area contributed by atoms with Crippen molar-refractivity contribution in [2.75, 3.05) is 5.32 Å². The summed E-state index contributed by atoms with van der Waals surface area (Å²) in [4.78, 5) is 0. The molecule has 1 aliphatic heterocycles. The van der Waals surface area contributed by atoms with Crippen LogP contribution in [-0.4, -0.2) is 0 Å². The lowest BCUT2D eigenvalue weighted by molar-refractivity contribution is 0.626. The second-order valence-corrected chi connectivity index (χ2v) is 4.76. The maximum Gasteiger partial charge on any atom is 0.123 e. The average Bonchev–Trinajstić information content (AvgIpc) is 2.83. The first kappa shape index (κ1) is 11.3. The molecule has 18 heavy (non-hydrogen) atoms. The molecule has 0 radical (unpaired) electrons. The van der Waals surface area contributed by atoms with E-state index in [-0.39, 0.29) is 11.9 Å². The van der Waals surface area contributed by atoms with E-state index in [9.17, 15) is 4.39 Å². The molecule has 92 valence electrons. The molecule has 0 aromatic heterocycles. The average molecular weight is 241 g/mol. The lowest BCUT2D eigenvalue weighted by Gasteiger charge is -2.12. The maximum atomic E-state index is 12.9. The lowest BCUT2D eigenvalue weighted by Crippen LogP contribution is -2.06. The molecule has 0 bridgehead atoms. The van der Waals surface area contributed by atoms with Gasteiger partial charge in [-0.05, 0) is 41.7 Å². The highest BCUT2D eigenvalue weighted by molar-refractivity contribution is 5.63. The van der Waals surface area contributed by atoms with E-state index in [2.05, 4.69) is 30.4 Å². The summed E-state index contributed by atoms with van der Waals surface area (Å²) >= 11 is 0. The molecule has 0 saturated carbocycles. The van der Waals surface area contributed by atoms with E-state index >= 15 is 0 Å². The van der Waals surface area contributed by atoms with Crippen molar-refractivity contribution >= 4 is 5.69 Å². The molecular weight excluding hydrogens is 225 g/mol. The van der Waals surface area contributed by atoms with Gasteiger partial charge in [-0.1, -0.05) is 37.3 Å². The smallest absolute Gasteiger partial charge is 0.123 e. The quantitative estimate of drug-likeness (QED) is 0.834. The molecule has 0 spiro atoms. The van der Waals surface area contributed by atoms with Gasteiger partial charge in [0.05, 0.1) is 6.04 Å². The maximum absolute atomic E-state index is 12.9. The Hall–Kier alpha value is -1.83. The summed E-state index contributed by atoms with van der Waals surface area (Å²) < 4.78 is 12.9. The number of halogens is 1. The SMILES string of the molecule is CCc1cccc2c1NC(c1ccc(F)cc1)C2. The Bertz CT molecular complexity index is 560. The van der Waals surface area contributed by atoms with E-state index < -0.39 is 0 Å². The van der Waals surface area contributed by atoms with Gasteiger partial charge in [-0.25, -0.2) is 4.39 Å². The Labute approximate surface area is 107 Å². The predicted molar refractivity (Wildman–Crippen MR) is 72.3 cm³/mol. The van der Waals surface area contributed by atoms with Gasteiger partial charge in [0.1, 0.15) is 5.82 Å². The van der Waals surface area contributed by atoms with E-state index in [1.54, 1.807) is 0 Å². The minimum Gasteiger partial charge on any atom is -0.377 e. The van der Waals surface area contributed by atoms with Crippen LogP contribution in [0.2, 0.25) is 0 Å². The number of hydrogen-bond acceptors (Lipinski definition) is 1. The van der Waals surface area contributed by atoms with Crippen LogP contribution >= 0.6 is 0 Å². The van der Waals surface area contributed by atoms with Crippen molar-refractivity contribution in [1.82, 2.24) is 0 Å². The number of rotatable bonds is 2. The number of fused-ring (bicyclic) bond motifs is 1. The fraction of sp³-hybridized carbons (Fsp3) is 0.250. The molecule has 1 heterocycles. The van der Waals surface area contributed by atoms with Crippen molar-refractivity contribution < 1.29 is 4.39 Å². The monoisotopic (exact) mass is 241 g/mol. The summed E-state index contributed by atoms with van der Waals surface area (Å²) in [6, 6.07) is 13.5. The van der Waals surface area contributed by atoms with E-state index in [4.69, 9.17) is 0 Å². The molecule has 1 N–H and O–H groups in total. The second-order valence-electron chi connectivity index (χ2n) is 4.76. The minimum absolute atomic E-state index is 0.177. The minimum atomic E-state index is -0.177. The Morgan fingerprint density at radius 2 is 1.94 bits per heavy atom. The zero-order valence-corrected chi connectivity index (χ0v) is 10.4. The molecule has 0 aliphatic carbocycles. The van der Waals surface area contributed by atoms with Crippen LogP contribution < -0.4 is 5.32 Å². The van der Waals surface area contributed by atoms with Crippen LogP contribution in [0.5, 0.6) is 0 Å². The molecule has 1 atom stereocenters. The van der Waals surface area contributed by atoms with Crippen LogP contribution in [0.15, 0.2) is 42.5 Å². The van der Waals surface area contributed by atoms with Gasteiger partial charge in [0.15, 0.2) is 0 Å². The first-order valence-electron chi connectivity index (χ1n) is 6.40. The third kappa shape index (κ3) is 1.88. The molecule has 0 fully saturated rings. The summed E-state index contributed by atoms with van der Waals surface area (Å²) in [5, 5.41) is 3.57. The van der Waals surface area contributed by atoms with Crippen molar-refractivity contribution in [2.24, 2.45) is 0 Å². The molecule has 1 aliphatic rings. The van der Waals surface area contributed by atoms with Gasteiger partial charge >= 0.3 is 0 Å². The molecular formula is C16H16FN. The van der Waals surface area contributed by atoms with Crippen LogP contribution in [0.4, 0.5) is 10.1 Å². The number of benzene rings is 2. The van der Waals surface area contributed by atoms with Gasteiger partial charge < -0.3 is 5.32 Å². The van der Waals surface area contributed by atoms with Crippen molar-refractivity contribution in [1.29, 1.82) is 0 Å². The molecule has 2 aromatic carbocycles. The van der Waals surface area contributed by atoms with Gasteiger partial charge in [-0.3, -0.25) is 0 Å². The molecule has 0 saturated heterocycles. The van der Waals surface area contributed by atoms with Crippen molar-refractivity contribution in [2.45, 2.75) is 25.8 Å². The van der Waals surface area contributed by atoms with Crippen molar-refractivity contribution in [3.63, 3.8) is 0 Å². The second kappa shape index (κ2) is 4.45. The summed E-state index contributed by atoms with van der Waals surface area (Å²) in [5.74, 6) is -0.177. The summed E-state index contributed by atoms with van der Waals surface area (Å²) in [5.41, 5.74) is 5.14. The fourth-order valence-corrected chi connectivity index (χ4v) is 2.64. The van der Waals surface area contributed by atoms with Gasteiger partial charge in [-0.15, -0.1) is 0 Å². The highest BCUT2D eigenvalue weighted by atomic mass is 19.1. The third-order valence-electron chi connectivity index (χ3n) is 3.63. The largest absolute Gasteiger partial charge is 0.377 e. The standard InChI is InChI=1S/C16H16FN/c1-2-11-4-3-5-13-10-15(18-16(11)13)12-6-8-14(17)9-7-12/h3-9,15,18H,2,10H2,1H3. The zero-order chi connectivity index (χ0) is 12.5. The van der Waals surface area contributed by atoms with Crippen LogP contribution in [-0.2, 0) is 12.8 Å². The topological polar surface area (TPSA) is 12.0 Å². The van der Waals surface area contributed by atoms with Crippen LogP contribution in [0.1, 0.15) is 29.7 Å². The first-order chi connectivity index (χ1) is 8.78. The van der Waals surface area contributed by atoms with E-state index in [0.29, 0.717) is 0 Å². The summed E-state index contributed by atoms with van der Waals surface area (Å²) in [7, 11) is 0. The van der Waals surface area contributed by atoms with Crippen molar-refractivity contribution in [3.8, 4) is 0 Å². The van der Waals surface area contributed by atoms with Crippen molar-refractivity contribution in [3.05, 3.63) is 65.0 Å². The lowest BCUT2D eigenvalue weighted by atomic mass is 10.0. The summed E-state index contributed by atoms with van der Waals surface area (Å²) in [6.45, 7) is 2.17. The third-order valence-corrected chi connectivity index (χ3v) is 3.63. The molecule has 3 rings (SSSR count). The fourth-order valence-electron chi connectivity index (χ4n) is 2.64. The van der Waals surface area contributed by atoms with E-state index in [0.717, 1.165) is 18.4 Å². The number of nitrogens with one attached hydrogen (secondary N) is 1. The first-order valence-corrected chi connectivity index (χ1v) is 6.40. The van der Waals surface area contributed by atoms with Gasteiger partial charge in [0, 0.05) is 5.69 Å². The van der Waals surface area contributed by atoms with Gasteiger partial charge in [0.25, 0.3) is 0 Å². The Morgan fingerprint density at radius 1 is 1.17 bits per heavy atom. The summed E-state index contributed by atoms with van der Waals surface area (Å²) in [6.07, 6.45) is 2.01. The highest BCUT2D eigenvalue weighted by Crippen LogP contribution is 2.36. The zero-order valence-electron chi connectivity index (χ0n) is 10.4. The Kier molecular flexibility index (Phi) is 2.78. The van der Waals surface area contributed by atoms with E-state index in [1.165, 1.54) is 28.9 Å². The highest BCUT2D eigenvalue weighted by Gasteiger charge is 2.23.